The number of para-hydroxylation sites is 2. The molecule has 2 heterocycles. The molecule has 218 valence electrons. The van der Waals surface area contributed by atoms with E-state index in [1.807, 2.05) is 43.3 Å². The summed E-state index contributed by atoms with van der Waals surface area (Å²) in [5, 5.41) is 2.41. The number of carbonyl (C=O) groups excluding carboxylic acids is 1. The van der Waals surface area contributed by atoms with Gasteiger partial charge in [-0.2, -0.15) is 0 Å². The normalized spacial score (nSPS) is 13.2. The Labute approximate surface area is 267 Å². The van der Waals surface area contributed by atoms with Crippen molar-refractivity contribution in [2.24, 2.45) is 0 Å². The summed E-state index contributed by atoms with van der Waals surface area (Å²) in [6, 6.07) is 50.8. The summed E-state index contributed by atoms with van der Waals surface area (Å²) >= 11 is 0. The first-order valence-corrected chi connectivity index (χ1v) is 15.7. The molecular formula is C43H30N2O. The van der Waals surface area contributed by atoms with Crippen molar-refractivity contribution in [2.75, 3.05) is 0 Å². The molecule has 9 rings (SSSR count). The summed E-state index contributed by atoms with van der Waals surface area (Å²) in [6.07, 6.45) is 4.53. The summed E-state index contributed by atoms with van der Waals surface area (Å²) in [5.74, 6) is 0.0297. The molecule has 0 radical (unpaired) electrons. The standard InChI is InChI=1S/C43H30N2O/c1-28-18-20-29(21-19-28)42(46)30-22-24-31(25-23-30)45-27-39(35-13-5-9-17-41(35)45)43(38-26-44-40-16-8-4-12-34(38)40)36-14-6-2-10-32(36)33-11-3-7-15-37(33)43/h2-27,44H,1H3. The van der Waals surface area contributed by atoms with E-state index in [0.29, 0.717) is 11.1 Å². The Morgan fingerprint density at radius 2 is 1.13 bits per heavy atom. The number of aryl methyl sites for hydroxylation is 1. The molecule has 3 heteroatoms. The summed E-state index contributed by atoms with van der Waals surface area (Å²) < 4.78 is 2.28. The van der Waals surface area contributed by atoms with Crippen LogP contribution in [0, 0.1) is 6.92 Å². The predicted octanol–water partition coefficient (Wildman–Crippen LogP) is 10.0. The number of hydrogen-bond donors (Lipinski definition) is 1. The van der Waals surface area contributed by atoms with Crippen LogP contribution >= 0.6 is 0 Å². The maximum atomic E-state index is 13.3. The first-order valence-electron chi connectivity index (χ1n) is 15.7. The van der Waals surface area contributed by atoms with Gasteiger partial charge in [0.05, 0.1) is 10.9 Å². The topological polar surface area (TPSA) is 37.8 Å². The zero-order valence-corrected chi connectivity index (χ0v) is 25.4. The molecule has 0 unspecified atom stereocenters. The number of rotatable bonds is 5. The van der Waals surface area contributed by atoms with Gasteiger partial charge in [-0.25, -0.2) is 0 Å². The van der Waals surface area contributed by atoms with Crippen LogP contribution in [0.3, 0.4) is 0 Å². The summed E-state index contributed by atoms with van der Waals surface area (Å²) in [6.45, 7) is 2.03. The second-order valence-electron chi connectivity index (χ2n) is 12.3. The average molecular weight is 591 g/mol. The highest BCUT2D eigenvalue weighted by atomic mass is 16.1. The Kier molecular flexibility index (Phi) is 5.78. The minimum Gasteiger partial charge on any atom is -0.361 e. The van der Waals surface area contributed by atoms with Crippen LogP contribution in [0.15, 0.2) is 158 Å². The quantitative estimate of drug-likeness (QED) is 0.199. The zero-order chi connectivity index (χ0) is 30.8. The number of nitrogens with one attached hydrogen (secondary N) is 1. The lowest BCUT2D eigenvalue weighted by molar-refractivity contribution is 0.103. The molecule has 6 aromatic carbocycles. The van der Waals surface area contributed by atoms with E-state index in [1.54, 1.807) is 0 Å². The van der Waals surface area contributed by atoms with Crippen molar-refractivity contribution in [3.8, 4) is 16.8 Å². The molecule has 1 aliphatic rings. The summed E-state index contributed by atoms with van der Waals surface area (Å²) in [5.41, 5.74) is 12.8. The fraction of sp³-hybridized carbons (Fsp3) is 0.0465. The first kappa shape index (κ1) is 26.5. The Balaban J connectivity index is 1.30. The molecule has 1 aliphatic carbocycles. The number of fused-ring (bicyclic) bond motifs is 5. The predicted molar refractivity (Wildman–Crippen MR) is 187 cm³/mol. The van der Waals surface area contributed by atoms with Gasteiger partial charge in [-0.15, -0.1) is 0 Å². The highest BCUT2D eigenvalue weighted by molar-refractivity contribution is 6.09. The largest absolute Gasteiger partial charge is 0.361 e. The van der Waals surface area contributed by atoms with E-state index in [2.05, 4.69) is 131 Å². The van der Waals surface area contributed by atoms with Crippen molar-refractivity contribution in [3.63, 3.8) is 0 Å². The van der Waals surface area contributed by atoms with Crippen LogP contribution in [0.1, 0.15) is 43.7 Å². The second-order valence-corrected chi connectivity index (χ2v) is 12.3. The minimum atomic E-state index is -0.557. The van der Waals surface area contributed by atoms with Gasteiger partial charge in [0.1, 0.15) is 0 Å². The lowest BCUT2D eigenvalue weighted by Crippen LogP contribution is -2.28. The van der Waals surface area contributed by atoms with Crippen molar-refractivity contribution in [1.82, 2.24) is 9.55 Å². The average Bonchev–Trinajstić information content (AvgIpc) is 3.80. The third-order valence-electron chi connectivity index (χ3n) is 9.78. The van der Waals surface area contributed by atoms with E-state index in [9.17, 15) is 4.79 Å². The molecule has 0 spiro atoms. The lowest BCUT2D eigenvalue weighted by atomic mass is 9.67. The van der Waals surface area contributed by atoms with Gasteiger partial charge in [0.15, 0.2) is 5.78 Å². The van der Waals surface area contributed by atoms with Gasteiger partial charge in [0, 0.05) is 45.5 Å². The van der Waals surface area contributed by atoms with Crippen LogP contribution in [0.4, 0.5) is 0 Å². The Morgan fingerprint density at radius 3 is 1.83 bits per heavy atom. The van der Waals surface area contributed by atoms with Gasteiger partial charge in [0.2, 0.25) is 0 Å². The second kappa shape index (κ2) is 10.0. The monoisotopic (exact) mass is 590 g/mol. The molecule has 0 fully saturated rings. The van der Waals surface area contributed by atoms with E-state index in [0.717, 1.165) is 22.3 Å². The molecule has 0 bridgehead atoms. The first-order chi connectivity index (χ1) is 22.6. The number of carbonyl (C=O) groups is 1. The smallest absolute Gasteiger partial charge is 0.193 e. The van der Waals surface area contributed by atoms with Crippen molar-refractivity contribution < 1.29 is 4.79 Å². The van der Waals surface area contributed by atoms with E-state index < -0.39 is 5.41 Å². The Bertz CT molecular complexity index is 2400. The van der Waals surface area contributed by atoms with Crippen molar-refractivity contribution in [1.29, 1.82) is 0 Å². The fourth-order valence-electron chi connectivity index (χ4n) is 7.68. The molecule has 1 N–H and O–H groups in total. The summed E-state index contributed by atoms with van der Waals surface area (Å²) in [4.78, 5) is 16.9. The number of ketones is 1. The molecule has 0 saturated heterocycles. The zero-order valence-electron chi connectivity index (χ0n) is 25.4. The maximum Gasteiger partial charge on any atom is 0.193 e. The molecule has 0 amide bonds. The molecule has 0 atom stereocenters. The lowest BCUT2D eigenvalue weighted by Gasteiger charge is -2.32. The highest BCUT2D eigenvalue weighted by Gasteiger charge is 2.48. The van der Waals surface area contributed by atoms with Crippen LogP contribution in [0.25, 0.3) is 38.6 Å². The van der Waals surface area contributed by atoms with E-state index in [4.69, 9.17) is 0 Å². The van der Waals surface area contributed by atoms with Crippen molar-refractivity contribution in [3.05, 3.63) is 197 Å². The minimum absolute atomic E-state index is 0.0297. The van der Waals surface area contributed by atoms with Crippen molar-refractivity contribution in [2.45, 2.75) is 12.3 Å². The van der Waals surface area contributed by atoms with Crippen LogP contribution in [0.5, 0.6) is 0 Å². The van der Waals surface area contributed by atoms with Crippen molar-refractivity contribution >= 4 is 27.6 Å². The van der Waals surface area contributed by atoms with Gasteiger partial charge in [0.25, 0.3) is 0 Å². The number of aromatic amines is 1. The van der Waals surface area contributed by atoms with Gasteiger partial charge < -0.3 is 9.55 Å². The molecule has 2 aromatic heterocycles. The third-order valence-corrected chi connectivity index (χ3v) is 9.78. The van der Waals surface area contributed by atoms with Crippen LogP contribution < -0.4 is 0 Å². The van der Waals surface area contributed by atoms with Gasteiger partial charge in [-0.3, -0.25) is 4.79 Å². The Morgan fingerprint density at radius 1 is 0.565 bits per heavy atom. The molecule has 0 saturated carbocycles. The number of aromatic nitrogens is 2. The third kappa shape index (κ3) is 3.69. The number of benzene rings is 6. The Hall–Kier alpha value is -5.93. The number of H-pyrrole nitrogens is 1. The fourth-order valence-corrected chi connectivity index (χ4v) is 7.68. The van der Waals surface area contributed by atoms with E-state index >= 15 is 0 Å². The molecule has 46 heavy (non-hydrogen) atoms. The van der Waals surface area contributed by atoms with E-state index in [1.165, 1.54) is 44.2 Å². The van der Waals surface area contributed by atoms with Gasteiger partial charge in [-0.05, 0) is 76.7 Å². The molecule has 8 aromatic rings. The van der Waals surface area contributed by atoms with Gasteiger partial charge in [-0.1, -0.05) is 115 Å². The number of hydrogen-bond acceptors (Lipinski definition) is 1. The number of nitrogens with zero attached hydrogens (tertiary/aromatic N) is 1. The van der Waals surface area contributed by atoms with Crippen LogP contribution in [-0.4, -0.2) is 15.3 Å². The maximum absolute atomic E-state index is 13.3. The molecule has 0 aliphatic heterocycles. The molecule has 3 nitrogen and oxygen atoms in total. The SMILES string of the molecule is Cc1ccc(C(=O)c2ccc(-n3cc(C4(c5c[nH]c6ccccc56)c5ccccc5-c5ccccc54)c4ccccc43)cc2)cc1. The van der Waals surface area contributed by atoms with E-state index in [-0.39, 0.29) is 5.78 Å². The van der Waals surface area contributed by atoms with Gasteiger partial charge >= 0.3 is 0 Å². The van der Waals surface area contributed by atoms with Crippen LogP contribution in [0.2, 0.25) is 0 Å². The highest BCUT2D eigenvalue weighted by Crippen LogP contribution is 2.58. The molecular weight excluding hydrogens is 560 g/mol. The van der Waals surface area contributed by atoms with Crippen LogP contribution in [-0.2, 0) is 5.41 Å². The summed E-state index contributed by atoms with van der Waals surface area (Å²) in [7, 11) is 0.